The Balaban J connectivity index is 1.31. The van der Waals surface area contributed by atoms with E-state index in [-0.39, 0.29) is 17.0 Å². The van der Waals surface area contributed by atoms with Gasteiger partial charge >= 0.3 is 5.97 Å². The molecule has 0 saturated heterocycles. The maximum Gasteiger partial charge on any atom is 0.338 e. The molecule has 3 unspecified atom stereocenters. The number of rotatable bonds is 16. The summed E-state index contributed by atoms with van der Waals surface area (Å²) in [7, 11) is 0. The van der Waals surface area contributed by atoms with Crippen molar-refractivity contribution in [2.24, 2.45) is 40.9 Å². The molecule has 2 nitrogen and oxygen atoms in total. The van der Waals surface area contributed by atoms with E-state index in [1.165, 1.54) is 166 Å². The third-order valence-electron chi connectivity index (χ3n) is 14.9. The summed E-state index contributed by atoms with van der Waals surface area (Å²) in [5.41, 5.74) is 2.02. The van der Waals surface area contributed by atoms with Crippen LogP contribution in [0.3, 0.4) is 0 Å². The Labute approximate surface area is 304 Å². The van der Waals surface area contributed by atoms with Crippen LogP contribution in [0.4, 0.5) is 0 Å². The number of carbonyl (C=O) groups excluding carboxylic acids is 1. The minimum absolute atomic E-state index is 0.0312. The Morgan fingerprint density at radius 2 is 1.29 bits per heavy atom. The minimum Gasteiger partial charge on any atom is -0.455 e. The monoisotopic (exact) mass is 675 g/mol. The molecule has 3 atom stereocenters. The Bertz CT molecular complexity index is 1080. The zero-order chi connectivity index (χ0) is 34.7. The van der Waals surface area contributed by atoms with E-state index in [1.54, 1.807) is 0 Å². The number of esters is 1. The highest BCUT2D eigenvalue weighted by molar-refractivity contribution is 5.89. The largest absolute Gasteiger partial charge is 0.455 e. The first-order chi connectivity index (χ1) is 23.8. The van der Waals surface area contributed by atoms with Crippen molar-refractivity contribution in [3.63, 3.8) is 0 Å². The van der Waals surface area contributed by atoms with Gasteiger partial charge in [-0.25, -0.2) is 4.79 Å². The second kappa shape index (κ2) is 19.0. The zero-order valence-electron chi connectivity index (χ0n) is 33.1. The number of hydrogen-bond donors (Lipinski definition) is 0. The first kappa shape index (κ1) is 38.9. The maximum absolute atomic E-state index is 14.5. The van der Waals surface area contributed by atoms with Crippen LogP contribution in [0.25, 0.3) is 0 Å². The van der Waals surface area contributed by atoms with Gasteiger partial charge in [-0.15, -0.1) is 0 Å². The number of unbranched alkanes of at least 4 members (excludes halogenated alkanes) is 6. The van der Waals surface area contributed by atoms with Crippen molar-refractivity contribution in [2.45, 2.75) is 213 Å². The summed E-state index contributed by atoms with van der Waals surface area (Å²) < 4.78 is 7.33. The molecular formula is C47H78O2. The second-order valence-corrected chi connectivity index (χ2v) is 18.5. The molecule has 0 aliphatic heterocycles. The van der Waals surface area contributed by atoms with Crippen LogP contribution in [-0.2, 0) is 4.74 Å². The summed E-state index contributed by atoms with van der Waals surface area (Å²) in [5.74, 6) is 4.75. The van der Waals surface area contributed by atoms with Crippen molar-refractivity contribution >= 4 is 5.97 Å². The summed E-state index contributed by atoms with van der Waals surface area (Å²) in [4.78, 5) is 14.5. The molecule has 4 fully saturated rings. The van der Waals surface area contributed by atoms with E-state index in [0.717, 1.165) is 23.8 Å². The van der Waals surface area contributed by atoms with Gasteiger partial charge in [-0.1, -0.05) is 149 Å². The number of benzene rings is 1. The molecule has 4 aliphatic carbocycles. The Hall–Kier alpha value is -1.31. The van der Waals surface area contributed by atoms with Crippen LogP contribution >= 0.6 is 0 Å². The molecule has 0 bridgehead atoms. The van der Waals surface area contributed by atoms with Gasteiger partial charge in [0, 0.05) is 11.3 Å². The predicted octanol–water partition coefficient (Wildman–Crippen LogP) is 14.6. The number of carbonyl (C=O) groups is 1. The van der Waals surface area contributed by atoms with Crippen LogP contribution < -0.4 is 0 Å². The van der Waals surface area contributed by atoms with Crippen LogP contribution in [0.5, 0.6) is 0 Å². The summed E-state index contributed by atoms with van der Waals surface area (Å²) >= 11 is 0. The van der Waals surface area contributed by atoms with Gasteiger partial charge in [0.05, 0.1) is 5.56 Å². The van der Waals surface area contributed by atoms with Crippen LogP contribution in [-0.4, -0.2) is 11.6 Å². The molecular weight excluding hydrogens is 597 g/mol. The lowest BCUT2D eigenvalue weighted by molar-refractivity contribution is -0.209. The minimum atomic E-state index is -0.344. The van der Waals surface area contributed by atoms with Gasteiger partial charge in [0.15, 0.2) is 0 Å². The van der Waals surface area contributed by atoms with Gasteiger partial charge in [0.2, 0.25) is 0 Å². The molecule has 2 heteroatoms. The fourth-order valence-corrected chi connectivity index (χ4v) is 12.1. The van der Waals surface area contributed by atoms with Crippen LogP contribution in [0.15, 0.2) is 24.3 Å². The van der Waals surface area contributed by atoms with Crippen molar-refractivity contribution in [3.05, 3.63) is 35.4 Å². The third kappa shape index (κ3) is 9.57. The van der Waals surface area contributed by atoms with Crippen molar-refractivity contribution in [1.29, 1.82) is 0 Å². The summed E-state index contributed by atoms with van der Waals surface area (Å²) in [6.45, 7) is 12.0. The summed E-state index contributed by atoms with van der Waals surface area (Å²) in [6.07, 6.45) is 34.9. The van der Waals surface area contributed by atoms with Crippen molar-refractivity contribution < 1.29 is 9.53 Å². The highest BCUT2D eigenvalue weighted by Crippen LogP contribution is 2.64. The lowest BCUT2D eigenvalue weighted by atomic mass is 9.46. The highest BCUT2D eigenvalue weighted by Gasteiger charge is 2.63. The average molecular weight is 675 g/mol. The summed E-state index contributed by atoms with van der Waals surface area (Å²) in [5, 5.41) is 0. The molecule has 0 N–H and O–H groups in total. The molecule has 0 amide bonds. The first-order valence-corrected chi connectivity index (χ1v) is 22.1. The van der Waals surface area contributed by atoms with Crippen LogP contribution in [0, 0.1) is 40.9 Å². The van der Waals surface area contributed by atoms with E-state index < -0.39 is 0 Å². The molecule has 1 aromatic carbocycles. The Kier molecular flexibility index (Phi) is 15.1. The SMILES string of the molecule is CCCCCCCC1CCC(c2ccc(C(=O)OC3(C4(C5CCC(CCCCC)CC5)CCCCC4)CC(C)CCC3C(C)C)cc2)CC1. The van der Waals surface area contributed by atoms with Gasteiger partial charge in [-0.05, 0) is 117 Å². The number of ether oxygens (including phenoxy) is 1. The molecule has 4 saturated carbocycles. The van der Waals surface area contributed by atoms with Crippen molar-refractivity contribution in [1.82, 2.24) is 0 Å². The van der Waals surface area contributed by atoms with E-state index >= 15 is 0 Å². The molecule has 278 valence electrons. The summed E-state index contributed by atoms with van der Waals surface area (Å²) in [6, 6.07) is 8.85. The molecule has 5 rings (SSSR count). The first-order valence-electron chi connectivity index (χ1n) is 22.1. The quantitative estimate of drug-likeness (QED) is 0.129. The van der Waals surface area contributed by atoms with Gasteiger partial charge < -0.3 is 4.74 Å². The van der Waals surface area contributed by atoms with Crippen molar-refractivity contribution in [3.8, 4) is 0 Å². The third-order valence-corrected chi connectivity index (χ3v) is 14.9. The lowest BCUT2D eigenvalue weighted by Crippen LogP contribution is -2.63. The molecule has 0 heterocycles. The average Bonchev–Trinajstić information content (AvgIpc) is 3.12. The van der Waals surface area contributed by atoms with E-state index in [0.29, 0.717) is 29.6 Å². The van der Waals surface area contributed by atoms with Gasteiger partial charge in [-0.3, -0.25) is 0 Å². The van der Waals surface area contributed by atoms with Crippen LogP contribution in [0.2, 0.25) is 0 Å². The predicted molar refractivity (Wildman–Crippen MR) is 209 cm³/mol. The Morgan fingerprint density at radius 3 is 1.90 bits per heavy atom. The molecule has 4 aliphatic rings. The Morgan fingerprint density at radius 1 is 0.714 bits per heavy atom. The van der Waals surface area contributed by atoms with E-state index in [4.69, 9.17) is 4.74 Å². The molecule has 1 aromatic rings. The molecule has 0 spiro atoms. The smallest absolute Gasteiger partial charge is 0.338 e. The molecule has 49 heavy (non-hydrogen) atoms. The maximum atomic E-state index is 14.5. The standard InChI is InChI=1S/C47H78O2/c1-6-8-10-11-14-18-38-20-24-40(25-21-38)41-26-28-42(29-27-41)45(48)49-47(35-37(5)19-32-44(47)36(3)4)46(33-15-12-16-34-46)43-30-22-39(23-31-43)17-13-9-7-2/h26-29,36-40,43-44H,6-25,30-35H2,1-5H3. The van der Waals surface area contributed by atoms with E-state index in [2.05, 4.69) is 58.9 Å². The van der Waals surface area contributed by atoms with E-state index in [9.17, 15) is 4.79 Å². The normalized spacial score (nSPS) is 32.2. The highest BCUT2D eigenvalue weighted by atomic mass is 16.6. The van der Waals surface area contributed by atoms with Gasteiger partial charge in [0.25, 0.3) is 0 Å². The lowest BCUT2D eigenvalue weighted by Gasteiger charge is -2.62. The zero-order valence-corrected chi connectivity index (χ0v) is 33.1. The van der Waals surface area contributed by atoms with Gasteiger partial charge in [0.1, 0.15) is 5.60 Å². The second-order valence-electron chi connectivity index (χ2n) is 18.5. The van der Waals surface area contributed by atoms with E-state index in [1.807, 2.05) is 0 Å². The topological polar surface area (TPSA) is 26.3 Å². The molecule has 0 aromatic heterocycles. The van der Waals surface area contributed by atoms with Gasteiger partial charge in [-0.2, -0.15) is 0 Å². The van der Waals surface area contributed by atoms with Crippen molar-refractivity contribution in [2.75, 3.05) is 0 Å². The van der Waals surface area contributed by atoms with Crippen LogP contribution in [0.1, 0.15) is 223 Å². The molecule has 0 radical (unpaired) electrons. The number of hydrogen-bond acceptors (Lipinski definition) is 2. The fraction of sp³-hybridized carbons (Fsp3) is 0.851. The fourth-order valence-electron chi connectivity index (χ4n) is 12.1.